The van der Waals surface area contributed by atoms with Gasteiger partial charge in [0.25, 0.3) is 0 Å². The molecule has 0 saturated heterocycles. The topological polar surface area (TPSA) is 30.5 Å². The van der Waals surface area contributed by atoms with Crippen molar-refractivity contribution in [3.05, 3.63) is 59.4 Å². The highest BCUT2D eigenvalue weighted by Gasteiger charge is 2.52. The molecular formula is C27H34FNO2. The molecule has 4 aliphatic carbocycles. The molecule has 31 heavy (non-hydrogen) atoms. The molecule has 0 aliphatic heterocycles. The minimum absolute atomic E-state index is 0.185. The van der Waals surface area contributed by atoms with Gasteiger partial charge in [-0.1, -0.05) is 30.3 Å². The zero-order valence-corrected chi connectivity index (χ0v) is 18.7. The third-order valence-electron chi connectivity index (χ3n) is 8.21. The van der Waals surface area contributed by atoms with Crippen LogP contribution in [-0.2, 0) is 13.2 Å². The van der Waals surface area contributed by atoms with Crippen molar-refractivity contribution in [3.63, 3.8) is 0 Å². The van der Waals surface area contributed by atoms with E-state index in [1.807, 2.05) is 18.2 Å². The number of methoxy groups -OCH3 is 1. The SMILES string of the molecule is COc1cccc(CN[C@H](C)C23CC4CC(CC(C4)C2)C3)c1OCc1ccccc1F. The lowest BCUT2D eigenvalue weighted by molar-refractivity contribution is -0.0706. The fraction of sp³-hybridized carbons (Fsp3) is 0.556. The minimum atomic E-state index is -0.243. The summed E-state index contributed by atoms with van der Waals surface area (Å²) in [6, 6.07) is 13.2. The van der Waals surface area contributed by atoms with E-state index in [1.54, 1.807) is 19.2 Å². The van der Waals surface area contributed by atoms with E-state index in [0.29, 0.717) is 28.5 Å². The van der Waals surface area contributed by atoms with Crippen molar-refractivity contribution in [2.45, 2.75) is 64.6 Å². The Morgan fingerprint density at radius 1 is 0.968 bits per heavy atom. The first-order valence-corrected chi connectivity index (χ1v) is 11.8. The average Bonchev–Trinajstić information content (AvgIpc) is 2.76. The standard InChI is InChI=1S/C27H34FNO2/c1-18(27-13-19-10-20(14-27)12-21(11-19)15-27)29-16-22-7-5-9-25(30-2)26(22)31-17-23-6-3-4-8-24(23)28/h3-9,18-21,29H,10-17H2,1-2H3/t18-,19?,20?,21?,27?/m1/s1. The van der Waals surface area contributed by atoms with Crippen molar-refractivity contribution in [1.29, 1.82) is 0 Å². The largest absolute Gasteiger partial charge is 0.493 e. The predicted octanol–water partition coefficient (Wildman–Crippen LogP) is 6.11. The van der Waals surface area contributed by atoms with Gasteiger partial charge in [-0.3, -0.25) is 0 Å². The highest BCUT2D eigenvalue weighted by Crippen LogP contribution is 2.61. The van der Waals surface area contributed by atoms with Gasteiger partial charge in [0.05, 0.1) is 7.11 Å². The molecule has 4 bridgehead atoms. The number of nitrogens with one attached hydrogen (secondary N) is 1. The van der Waals surface area contributed by atoms with Gasteiger partial charge in [-0.15, -0.1) is 0 Å². The number of ether oxygens (including phenoxy) is 2. The smallest absolute Gasteiger partial charge is 0.166 e. The van der Waals surface area contributed by atoms with Crippen LogP contribution in [0.1, 0.15) is 56.6 Å². The maximum atomic E-state index is 14.1. The molecule has 0 spiro atoms. The summed E-state index contributed by atoms with van der Waals surface area (Å²) < 4.78 is 25.7. The molecule has 4 fully saturated rings. The summed E-state index contributed by atoms with van der Waals surface area (Å²) in [6.07, 6.45) is 8.58. The zero-order chi connectivity index (χ0) is 21.4. The van der Waals surface area contributed by atoms with E-state index < -0.39 is 0 Å². The van der Waals surface area contributed by atoms with Gasteiger partial charge >= 0.3 is 0 Å². The lowest BCUT2D eigenvalue weighted by atomic mass is 9.48. The summed E-state index contributed by atoms with van der Waals surface area (Å²) in [5.74, 6) is 4.01. The van der Waals surface area contributed by atoms with Gasteiger partial charge < -0.3 is 14.8 Å². The summed E-state index contributed by atoms with van der Waals surface area (Å²) >= 11 is 0. The second kappa shape index (κ2) is 8.46. The molecule has 0 heterocycles. The van der Waals surface area contributed by atoms with Gasteiger partial charge in [0.2, 0.25) is 0 Å². The van der Waals surface area contributed by atoms with Crippen LogP contribution in [-0.4, -0.2) is 13.2 Å². The van der Waals surface area contributed by atoms with Gasteiger partial charge in [-0.25, -0.2) is 4.39 Å². The van der Waals surface area contributed by atoms with E-state index in [2.05, 4.69) is 18.3 Å². The number of rotatable bonds is 8. The normalized spacial score (nSPS) is 29.7. The Morgan fingerprint density at radius 3 is 2.26 bits per heavy atom. The lowest BCUT2D eigenvalue weighted by Crippen LogP contribution is -2.54. The Balaban J connectivity index is 1.29. The van der Waals surface area contributed by atoms with Crippen LogP contribution in [0.4, 0.5) is 4.39 Å². The number of para-hydroxylation sites is 1. The Hall–Kier alpha value is -2.07. The molecule has 6 rings (SSSR count). The molecule has 3 nitrogen and oxygen atoms in total. The summed E-state index contributed by atoms with van der Waals surface area (Å²) in [5.41, 5.74) is 2.07. The second-order valence-corrected chi connectivity index (χ2v) is 10.2. The Labute approximate surface area is 185 Å². The van der Waals surface area contributed by atoms with Gasteiger partial charge in [-0.2, -0.15) is 0 Å². The maximum Gasteiger partial charge on any atom is 0.166 e. The lowest BCUT2D eigenvalue weighted by Gasteiger charge is -2.59. The van der Waals surface area contributed by atoms with E-state index >= 15 is 0 Å². The molecule has 1 N–H and O–H groups in total. The number of halogens is 1. The number of hydrogen-bond donors (Lipinski definition) is 1. The molecule has 0 radical (unpaired) electrons. The molecule has 0 amide bonds. The van der Waals surface area contributed by atoms with E-state index in [-0.39, 0.29) is 12.4 Å². The van der Waals surface area contributed by atoms with Crippen molar-refractivity contribution in [2.24, 2.45) is 23.2 Å². The van der Waals surface area contributed by atoms with Gasteiger partial charge in [0.1, 0.15) is 12.4 Å². The highest BCUT2D eigenvalue weighted by atomic mass is 19.1. The molecular weight excluding hydrogens is 389 g/mol. The first-order chi connectivity index (χ1) is 15.1. The van der Waals surface area contributed by atoms with Crippen molar-refractivity contribution >= 4 is 0 Å². The van der Waals surface area contributed by atoms with E-state index in [4.69, 9.17) is 9.47 Å². The summed E-state index contributed by atoms with van der Waals surface area (Å²) in [6.45, 7) is 3.30. The van der Waals surface area contributed by atoms with E-state index in [9.17, 15) is 4.39 Å². The van der Waals surface area contributed by atoms with Crippen molar-refractivity contribution < 1.29 is 13.9 Å². The predicted molar refractivity (Wildman–Crippen MR) is 121 cm³/mol. The Kier molecular flexibility index (Phi) is 5.68. The summed E-state index contributed by atoms with van der Waals surface area (Å²) in [7, 11) is 1.65. The molecule has 4 heteroatoms. The number of hydrogen-bond acceptors (Lipinski definition) is 3. The van der Waals surface area contributed by atoms with Crippen LogP contribution in [0.2, 0.25) is 0 Å². The first-order valence-electron chi connectivity index (χ1n) is 11.8. The van der Waals surface area contributed by atoms with Crippen LogP contribution in [0.3, 0.4) is 0 Å². The Bertz CT molecular complexity index is 892. The quantitative estimate of drug-likeness (QED) is 0.556. The van der Waals surface area contributed by atoms with Crippen LogP contribution in [0.25, 0.3) is 0 Å². The van der Waals surface area contributed by atoms with Crippen LogP contribution in [0, 0.1) is 29.0 Å². The van der Waals surface area contributed by atoms with Crippen LogP contribution >= 0.6 is 0 Å². The monoisotopic (exact) mass is 423 g/mol. The van der Waals surface area contributed by atoms with E-state index in [1.165, 1.54) is 44.6 Å². The van der Waals surface area contributed by atoms with Crippen LogP contribution in [0.15, 0.2) is 42.5 Å². The van der Waals surface area contributed by atoms with Gasteiger partial charge in [0, 0.05) is 23.7 Å². The van der Waals surface area contributed by atoms with Crippen LogP contribution in [0.5, 0.6) is 11.5 Å². The summed E-state index contributed by atoms with van der Waals surface area (Å²) in [5, 5.41) is 3.85. The van der Waals surface area contributed by atoms with Gasteiger partial charge in [-0.05, 0) is 80.8 Å². The molecule has 0 unspecified atom stereocenters. The molecule has 0 aromatic heterocycles. The van der Waals surface area contributed by atoms with E-state index in [0.717, 1.165) is 29.9 Å². The van der Waals surface area contributed by atoms with Gasteiger partial charge in [0.15, 0.2) is 11.5 Å². The molecule has 2 aromatic rings. The van der Waals surface area contributed by atoms with Crippen LogP contribution < -0.4 is 14.8 Å². The molecule has 2 aromatic carbocycles. The fourth-order valence-corrected chi connectivity index (χ4v) is 6.98. The Morgan fingerprint density at radius 2 is 1.61 bits per heavy atom. The molecule has 1 atom stereocenters. The first kappa shape index (κ1) is 20.8. The number of benzene rings is 2. The third kappa shape index (κ3) is 4.07. The highest BCUT2D eigenvalue weighted by molar-refractivity contribution is 5.46. The fourth-order valence-electron chi connectivity index (χ4n) is 6.98. The zero-order valence-electron chi connectivity index (χ0n) is 18.7. The summed E-state index contributed by atoms with van der Waals surface area (Å²) in [4.78, 5) is 0. The molecule has 166 valence electrons. The third-order valence-corrected chi connectivity index (χ3v) is 8.21. The second-order valence-electron chi connectivity index (χ2n) is 10.2. The average molecular weight is 424 g/mol. The molecule has 4 aliphatic rings. The molecule has 4 saturated carbocycles. The van der Waals surface area contributed by atoms with Crippen molar-refractivity contribution in [1.82, 2.24) is 5.32 Å². The van der Waals surface area contributed by atoms with Crippen molar-refractivity contribution in [3.8, 4) is 11.5 Å². The maximum absolute atomic E-state index is 14.1. The minimum Gasteiger partial charge on any atom is -0.493 e. The van der Waals surface area contributed by atoms with Crippen molar-refractivity contribution in [2.75, 3.05) is 7.11 Å².